The van der Waals surface area contributed by atoms with E-state index in [1.54, 1.807) is 6.07 Å². The van der Waals surface area contributed by atoms with Crippen LogP contribution in [0.3, 0.4) is 0 Å². The van der Waals surface area contributed by atoms with Gasteiger partial charge in [0.15, 0.2) is 0 Å². The highest BCUT2D eigenvalue weighted by molar-refractivity contribution is 14.1. The van der Waals surface area contributed by atoms with E-state index in [0.29, 0.717) is 0 Å². The predicted octanol–water partition coefficient (Wildman–Crippen LogP) is 3.23. The third-order valence-electron chi connectivity index (χ3n) is 2.65. The van der Waals surface area contributed by atoms with E-state index >= 15 is 0 Å². The van der Waals surface area contributed by atoms with Crippen molar-refractivity contribution in [1.29, 1.82) is 0 Å². The molecule has 14 heavy (non-hydrogen) atoms. The van der Waals surface area contributed by atoms with Gasteiger partial charge in [0.25, 0.3) is 0 Å². The zero-order chi connectivity index (χ0) is 10.1. The minimum Gasteiger partial charge on any atom is -0.324 e. The fourth-order valence-corrected chi connectivity index (χ4v) is 2.52. The van der Waals surface area contributed by atoms with Crippen LogP contribution in [0.5, 0.6) is 0 Å². The molecule has 2 N–H and O–H groups in total. The lowest BCUT2D eigenvalue weighted by Gasteiger charge is -2.13. The molecule has 1 saturated carbocycles. The predicted molar refractivity (Wildman–Crippen MR) is 63.4 cm³/mol. The Kier molecular flexibility index (Phi) is 3.07. The Morgan fingerprint density at radius 2 is 2.21 bits per heavy atom. The molecule has 1 aromatic rings. The molecule has 1 fully saturated rings. The van der Waals surface area contributed by atoms with Gasteiger partial charge in [-0.25, -0.2) is 4.39 Å². The SMILES string of the molecule is NC(CC1CC1)c1ccc(F)cc1I. The fourth-order valence-electron chi connectivity index (χ4n) is 1.64. The summed E-state index contributed by atoms with van der Waals surface area (Å²) in [7, 11) is 0. The first-order chi connectivity index (χ1) is 6.66. The van der Waals surface area contributed by atoms with Gasteiger partial charge in [-0.1, -0.05) is 18.9 Å². The van der Waals surface area contributed by atoms with Crippen LogP contribution in [0.15, 0.2) is 18.2 Å². The van der Waals surface area contributed by atoms with Crippen molar-refractivity contribution in [3.8, 4) is 0 Å². The topological polar surface area (TPSA) is 26.0 Å². The van der Waals surface area contributed by atoms with Crippen molar-refractivity contribution in [3.63, 3.8) is 0 Å². The van der Waals surface area contributed by atoms with Crippen molar-refractivity contribution in [2.45, 2.75) is 25.3 Å². The van der Waals surface area contributed by atoms with Crippen molar-refractivity contribution in [2.24, 2.45) is 11.7 Å². The van der Waals surface area contributed by atoms with Crippen LogP contribution < -0.4 is 5.73 Å². The summed E-state index contributed by atoms with van der Waals surface area (Å²) in [5, 5.41) is 0. The molecule has 0 bridgehead atoms. The summed E-state index contributed by atoms with van der Waals surface area (Å²) in [6, 6.07) is 4.92. The summed E-state index contributed by atoms with van der Waals surface area (Å²) in [4.78, 5) is 0. The van der Waals surface area contributed by atoms with E-state index in [1.807, 2.05) is 6.07 Å². The van der Waals surface area contributed by atoms with E-state index in [4.69, 9.17) is 5.73 Å². The lowest BCUT2D eigenvalue weighted by atomic mass is 10.0. The zero-order valence-corrected chi connectivity index (χ0v) is 10.00. The molecule has 0 amide bonds. The molecule has 3 heteroatoms. The van der Waals surface area contributed by atoms with Gasteiger partial charge in [0.2, 0.25) is 0 Å². The van der Waals surface area contributed by atoms with Gasteiger partial charge in [-0.15, -0.1) is 0 Å². The van der Waals surface area contributed by atoms with Gasteiger partial charge in [-0.2, -0.15) is 0 Å². The lowest BCUT2D eigenvalue weighted by molar-refractivity contribution is 0.588. The molecule has 0 radical (unpaired) electrons. The Hall–Kier alpha value is -0.160. The number of rotatable bonds is 3. The molecule has 0 spiro atoms. The molecule has 0 heterocycles. The van der Waals surface area contributed by atoms with Gasteiger partial charge in [0.05, 0.1) is 0 Å². The van der Waals surface area contributed by atoms with Crippen molar-refractivity contribution in [1.82, 2.24) is 0 Å². The van der Waals surface area contributed by atoms with Gasteiger partial charge in [-0.05, 0) is 52.6 Å². The average molecular weight is 305 g/mol. The maximum Gasteiger partial charge on any atom is 0.124 e. The van der Waals surface area contributed by atoms with Gasteiger partial charge in [0.1, 0.15) is 5.82 Å². The molecule has 1 atom stereocenters. The van der Waals surface area contributed by atoms with Crippen LogP contribution in [0, 0.1) is 15.3 Å². The second-order valence-corrected chi connectivity index (χ2v) is 5.11. The standard InChI is InChI=1S/C11H13FIN/c12-8-3-4-9(10(13)6-8)11(14)5-7-1-2-7/h3-4,6-7,11H,1-2,5,14H2. The first-order valence-electron chi connectivity index (χ1n) is 4.87. The summed E-state index contributed by atoms with van der Waals surface area (Å²) >= 11 is 2.15. The molecule has 1 aliphatic carbocycles. The Morgan fingerprint density at radius 1 is 1.50 bits per heavy atom. The second kappa shape index (κ2) is 4.14. The van der Waals surface area contributed by atoms with E-state index in [2.05, 4.69) is 22.6 Å². The highest BCUT2D eigenvalue weighted by Crippen LogP contribution is 2.37. The van der Waals surface area contributed by atoms with E-state index in [1.165, 1.54) is 18.9 Å². The normalized spacial score (nSPS) is 18.2. The monoisotopic (exact) mass is 305 g/mol. The van der Waals surface area contributed by atoms with Crippen LogP contribution in [0.1, 0.15) is 30.9 Å². The smallest absolute Gasteiger partial charge is 0.124 e. The van der Waals surface area contributed by atoms with E-state index in [0.717, 1.165) is 21.5 Å². The third kappa shape index (κ3) is 2.45. The number of hydrogen-bond acceptors (Lipinski definition) is 1. The molecule has 1 aliphatic rings. The highest BCUT2D eigenvalue weighted by atomic mass is 127. The molecule has 1 aromatic carbocycles. The molecular formula is C11H13FIN. The Balaban J connectivity index is 2.13. The van der Waals surface area contributed by atoms with Crippen molar-refractivity contribution in [3.05, 3.63) is 33.1 Å². The molecule has 0 aromatic heterocycles. The molecule has 1 unspecified atom stereocenters. The van der Waals surface area contributed by atoms with E-state index in [-0.39, 0.29) is 11.9 Å². The maximum absolute atomic E-state index is 12.8. The number of benzene rings is 1. The first kappa shape index (κ1) is 10.4. The summed E-state index contributed by atoms with van der Waals surface area (Å²) in [6.07, 6.45) is 3.67. The second-order valence-electron chi connectivity index (χ2n) is 3.95. The summed E-state index contributed by atoms with van der Waals surface area (Å²) in [5.74, 6) is 0.627. The Bertz CT molecular complexity index is 336. The van der Waals surface area contributed by atoms with Crippen LogP contribution in [-0.2, 0) is 0 Å². The van der Waals surface area contributed by atoms with Crippen LogP contribution in [0.4, 0.5) is 4.39 Å². The van der Waals surface area contributed by atoms with Crippen LogP contribution >= 0.6 is 22.6 Å². The minimum absolute atomic E-state index is 0.0787. The molecular weight excluding hydrogens is 292 g/mol. The quantitative estimate of drug-likeness (QED) is 0.853. The lowest BCUT2D eigenvalue weighted by Crippen LogP contribution is -2.12. The summed E-state index contributed by atoms with van der Waals surface area (Å²) in [6.45, 7) is 0. The van der Waals surface area contributed by atoms with Gasteiger partial charge < -0.3 is 5.73 Å². The molecule has 76 valence electrons. The Labute approximate surface area is 97.0 Å². The zero-order valence-electron chi connectivity index (χ0n) is 7.84. The molecule has 0 saturated heterocycles. The fraction of sp³-hybridized carbons (Fsp3) is 0.455. The maximum atomic E-state index is 12.8. The van der Waals surface area contributed by atoms with Crippen molar-refractivity contribution >= 4 is 22.6 Å². The Morgan fingerprint density at radius 3 is 2.79 bits per heavy atom. The highest BCUT2D eigenvalue weighted by Gasteiger charge is 2.25. The van der Waals surface area contributed by atoms with Crippen LogP contribution in [-0.4, -0.2) is 0 Å². The molecule has 0 aliphatic heterocycles. The largest absolute Gasteiger partial charge is 0.324 e. The molecule has 2 rings (SSSR count). The van der Waals surface area contributed by atoms with E-state index in [9.17, 15) is 4.39 Å². The molecule has 1 nitrogen and oxygen atoms in total. The van der Waals surface area contributed by atoms with Crippen LogP contribution in [0.25, 0.3) is 0 Å². The first-order valence-corrected chi connectivity index (χ1v) is 5.95. The van der Waals surface area contributed by atoms with Crippen molar-refractivity contribution < 1.29 is 4.39 Å². The average Bonchev–Trinajstić information content (AvgIpc) is 2.87. The number of nitrogens with two attached hydrogens (primary N) is 1. The van der Waals surface area contributed by atoms with Crippen molar-refractivity contribution in [2.75, 3.05) is 0 Å². The minimum atomic E-state index is -0.184. The van der Waals surface area contributed by atoms with Gasteiger partial charge in [0, 0.05) is 9.61 Å². The number of halogens is 2. The van der Waals surface area contributed by atoms with Gasteiger partial charge >= 0.3 is 0 Å². The van der Waals surface area contributed by atoms with Crippen LogP contribution in [0.2, 0.25) is 0 Å². The third-order valence-corrected chi connectivity index (χ3v) is 3.58. The summed E-state index contributed by atoms with van der Waals surface area (Å²) in [5.41, 5.74) is 7.14. The van der Waals surface area contributed by atoms with Gasteiger partial charge in [-0.3, -0.25) is 0 Å². The number of hydrogen-bond donors (Lipinski definition) is 1. The summed E-state index contributed by atoms with van der Waals surface area (Å²) < 4.78 is 13.8. The van der Waals surface area contributed by atoms with E-state index < -0.39 is 0 Å².